The van der Waals surface area contributed by atoms with Gasteiger partial charge in [0.15, 0.2) is 6.19 Å². The van der Waals surface area contributed by atoms with Crippen LogP contribution >= 0.6 is 31.9 Å². The quantitative estimate of drug-likeness (QED) is 0.626. The monoisotopic (exact) mass is 463 g/mol. The molecule has 2 rings (SSSR count). The molecule has 8 heteroatoms. The van der Waals surface area contributed by atoms with E-state index in [9.17, 15) is 8.42 Å². The zero-order chi connectivity index (χ0) is 17.2. The van der Waals surface area contributed by atoms with Gasteiger partial charge in [0.1, 0.15) is 0 Å². The van der Waals surface area contributed by atoms with Crippen molar-refractivity contribution in [1.29, 1.82) is 5.26 Å². The third-order valence-electron chi connectivity index (χ3n) is 3.74. The van der Waals surface area contributed by atoms with E-state index in [0.29, 0.717) is 35.0 Å². The Labute approximate surface area is 154 Å². The number of likely N-dealkylation sites (tertiary alicyclic amines) is 1. The van der Waals surface area contributed by atoms with Gasteiger partial charge in [0.2, 0.25) is 10.0 Å². The molecule has 0 bridgehead atoms. The Balaban J connectivity index is 2.42. The van der Waals surface area contributed by atoms with Crippen LogP contribution in [0, 0.1) is 17.4 Å². The van der Waals surface area contributed by atoms with Crippen molar-refractivity contribution >= 4 is 41.9 Å². The van der Waals surface area contributed by atoms with Gasteiger partial charge >= 0.3 is 0 Å². The normalized spacial score (nSPS) is 18.7. The predicted molar refractivity (Wildman–Crippen MR) is 96.2 cm³/mol. The van der Waals surface area contributed by atoms with Crippen molar-refractivity contribution in [1.82, 2.24) is 9.21 Å². The Kier molecular flexibility index (Phi) is 6.11. The van der Waals surface area contributed by atoms with E-state index in [2.05, 4.69) is 38.1 Å². The van der Waals surface area contributed by atoms with Gasteiger partial charge in [0, 0.05) is 34.6 Å². The molecule has 0 saturated carbocycles. The fourth-order valence-electron chi connectivity index (χ4n) is 2.67. The third kappa shape index (κ3) is 4.27. The molecule has 1 saturated heterocycles. The maximum atomic E-state index is 13.2. The summed E-state index contributed by atoms with van der Waals surface area (Å²) in [5.41, 5.74) is 0. The number of nitrogens with zero attached hydrogens (tertiary/aromatic N) is 3. The topological polar surface area (TPSA) is 64.4 Å². The number of nitriles is 1. The molecule has 0 radical (unpaired) electrons. The summed E-state index contributed by atoms with van der Waals surface area (Å²) in [6.07, 6.45) is 2.78. The van der Waals surface area contributed by atoms with Crippen molar-refractivity contribution in [2.75, 3.05) is 19.6 Å². The lowest BCUT2D eigenvalue weighted by molar-refractivity contribution is 0.292. The Morgan fingerprint density at radius 2 is 2.13 bits per heavy atom. The van der Waals surface area contributed by atoms with Crippen molar-refractivity contribution < 1.29 is 8.42 Å². The van der Waals surface area contributed by atoms with E-state index >= 15 is 0 Å². The number of hydrogen-bond donors (Lipinski definition) is 0. The van der Waals surface area contributed by atoms with Crippen LogP contribution < -0.4 is 0 Å². The highest BCUT2D eigenvalue weighted by atomic mass is 79.9. The molecule has 1 aromatic carbocycles. The minimum absolute atomic E-state index is 0.173. The second-order valence-electron chi connectivity index (χ2n) is 6.03. The van der Waals surface area contributed by atoms with E-state index < -0.39 is 10.0 Å². The third-order valence-corrected chi connectivity index (χ3v) is 7.14. The van der Waals surface area contributed by atoms with Crippen LogP contribution in [-0.4, -0.2) is 43.3 Å². The smallest absolute Gasteiger partial charge is 0.244 e. The van der Waals surface area contributed by atoms with E-state index in [0.717, 1.165) is 0 Å². The molecule has 5 nitrogen and oxygen atoms in total. The highest BCUT2D eigenvalue weighted by Gasteiger charge is 2.37. The lowest BCUT2D eigenvalue weighted by atomic mass is 10.2. The van der Waals surface area contributed by atoms with Crippen LogP contribution in [0.3, 0.4) is 0 Å². The van der Waals surface area contributed by atoms with Crippen LogP contribution in [0.25, 0.3) is 0 Å². The SMILES string of the molecule is CC(C)CN([C@@H]1CCN(C#N)C1)S(=O)(=O)c1cc(Br)ccc1Br. The van der Waals surface area contributed by atoms with Gasteiger partial charge < -0.3 is 4.90 Å². The van der Waals surface area contributed by atoms with Crippen molar-refractivity contribution in [3.63, 3.8) is 0 Å². The highest BCUT2D eigenvalue weighted by Crippen LogP contribution is 2.31. The van der Waals surface area contributed by atoms with Crippen molar-refractivity contribution in [2.24, 2.45) is 5.92 Å². The molecular weight excluding hydrogens is 446 g/mol. The van der Waals surface area contributed by atoms with E-state index in [1.165, 1.54) is 0 Å². The average molecular weight is 465 g/mol. The van der Waals surface area contributed by atoms with E-state index in [1.54, 1.807) is 27.4 Å². The molecule has 23 heavy (non-hydrogen) atoms. The van der Waals surface area contributed by atoms with Crippen LogP contribution in [0.4, 0.5) is 0 Å². The van der Waals surface area contributed by atoms with E-state index in [4.69, 9.17) is 5.26 Å². The molecule has 1 aliphatic heterocycles. The maximum absolute atomic E-state index is 13.2. The highest BCUT2D eigenvalue weighted by molar-refractivity contribution is 9.11. The first-order valence-corrected chi connectivity index (χ1v) is 10.4. The number of benzene rings is 1. The van der Waals surface area contributed by atoms with Gasteiger partial charge in [-0.2, -0.15) is 9.57 Å². The number of hydrogen-bond acceptors (Lipinski definition) is 4. The molecule has 0 spiro atoms. The van der Waals surface area contributed by atoms with E-state index in [-0.39, 0.29) is 16.9 Å². The first-order chi connectivity index (χ1) is 10.8. The van der Waals surface area contributed by atoms with Crippen LogP contribution in [0.2, 0.25) is 0 Å². The van der Waals surface area contributed by atoms with E-state index in [1.807, 2.05) is 13.8 Å². The molecule has 1 aromatic rings. The lowest BCUT2D eigenvalue weighted by Gasteiger charge is -2.29. The summed E-state index contributed by atoms with van der Waals surface area (Å²) in [6.45, 7) is 5.48. The molecule has 1 atom stereocenters. The van der Waals surface area contributed by atoms with Crippen molar-refractivity contribution in [3.05, 3.63) is 27.1 Å². The van der Waals surface area contributed by atoms with Crippen molar-refractivity contribution in [2.45, 2.75) is 31.2 Å². The average Bonchev–Trinajstić information content (AvgIpc) is 2.95. The predicted octanol–water partition coefficient (Wildman–Crippen LogP) is 3.41. The molecule has 0 N–H and O–H groups in total. The lowest BCUT2D eigenvalue weighted by Crippen LogP contribution is -2.43. The zero-order valence-corrected chi connectivity index (χ0v) is 17.0. The van der Waals surface area contributed by atoms with Gasteiger partial charge in [-0.05, 0) is 46.5 Å². The molecule has 126 valence electrons. The second-order valence-corrected chi connectivity index (χ2v) is 9.66. The largest absolute Gasteiger partial charge is 0.309 e. The Hall–Kier alpha value is -0.620. The van der Waals surface area contributed by atoms with Crippen LogP contribution in [0.15, 0.2) is 32.0 Å². The molecular formula is C15H19Br2N3O2S. The van der Waals surface area contributed by atoms with Gasteiger partial charge in [-0.3, -0.25) is 0 Å². The van der Waals surface area contributed by atoms with Crippen LogP contribution in [-0.2, 0) is 10.0 Å². The molecule has 0 aromatic heterocycles. The molecule has 1 fully saturated rings. The van der Waals surface area contributed by atoms with Gasteiger partial charge in [-0.15, -0.1) is 0 Å². The molecule has 1 aliphatic rings. The fraction of sp³-hybridized carbons (Fsp3) is 0.533. The van der Waals surface area contributed by atoms with Crippen molar-refractivity contribution in [3.8, 4) is 6.19 Å². The fourth-order valence-corrected chi connectivity index (χ4v) is 5.95. The van der Waals surface area contributed by atoms with Crippen LogP contribution in [0.1, 0.15) is 20.3 Å². The molecule has 0 aliphatic carbocycles. The van der Waals surface area contributed by atoms with Crippen LogP contribution in [0.5, 0.6) is 0 Å². The summed E-state index contributed by atoms with van der Waals surface area (Å²) in [5.74, 6) is 0.201. The number of sulfonamides is 1. The van der Waals surface area contributed by atoms with Gasteiger partial charge in [-0.25, -0.2) is 8.42 Å². The van der Waals surface area contributed by atoms with Gasteiger partial charge in [0.25, 0.3) is 0 Å². The van der Waals surface area contributed by atoms with Gasteiger partial charge in [-0.1, -0.05) is 29.8 Å². The zero-order valence-electron chi connectivity index (χ0n) is 13.0. The first kappa shape index (κ1) is 18.7. The summed E-state index contributed by atoms with van der Waals surface area (Å²) in [6, 6.07) is 4.96. The summed E-state index contributed by atoms with van der Waals surface area (Å²) < 4.78 is 29.2. The molecule has 1 heterocycles. The number of halogens is 2. The first-order valence-electron chi connectivity index (χ1n) is 7.37. The maximum Gasteiger partial charge on any atom is 0.244 e. The Bertz CT molecular complexity index is 716. The minimum atomic E-state index is -3.64. The summed E-state index contributed by atoms with van der Waals surface area (Å²) in [7, 11) is -3.64. The standard InChI is InChI=1S/C15H19Br2N3O2S/c1-11(2)8-20(13-5-6-19(9-13)10-18)23(21,22)15-7-12(16)3-4-14(15)17/h3-4,7,11,13H,5-6,8-9H2,1-2H3/t13-/m1/s1. The Morgan fingerprint density at radius 3 is 2.70 bits per heavy atom. The van der Waals surface area contributed by atoms with Gasteiger partial charge in [0.05, 0.1) is 4.90 Å². The molecule has 0 amide bonds. The molecule has 0 unspecified atom stereocenters. The summed E-state index contributed by atoms with van der Waals surface area (Å²) in [5, 5.41) is 9.04. The summed E-state index contributed by atoms with van der Waals surface area (Å²) >= 11 is 6.68. The minimum Gasteiger partial charge on any atom is -0.309 e. The summed E-state index contributed by atoms with van der Waals surface area (Å²) in [4.78, 5) is 1.87. The Morgan fingerprint density at radius 1 is 1.43 bits per heavy atom. The number of rotatable bonds is 5. The second kappa shape index (κ2) is 7.51.